The van der Waals surface area contributed by atoms with E-state index in [-0.39, 0.29) is 0 Å². The number of anilines is 1. The first-order valence-corrected chi connectivity index (χ1v) is 8.54. The van der Waals surface area contributed by atoms with Crippen LogP contribution in [0.5, 0.6) is 0 Å². The first-order chi connectivity index (χ1) is 10.4. The van der Waals surface area contributed by atoms with Crippen LogP contribution < -0.4 is 5.32 Å². The van der Waals surface area contributed by atoms with E-state index in [1.165, 1.54) is 64.2 Å². The van der Waals surface area contributed by atoms with E-state index >= 15 is 0 Å². The fraction of sp³-hybridized carbons (Fsp3) is 0.667. The quantitative estimate of drug-likeness (QED) is 0.336. The molecule has 0 aromatic heterocycles. The van der Waals surface area contributed by atoms with Crippen molar-refractivity contribution in [3.8, 4) is 0 Å². The highest BCUT2D eigenvalue weighted by molar-refractivity contribution is 5.50. The molecule has 1 N–H and O–H groups in total. The lowest BCUT2D eigenvalue weighted by molar-refractivity contribution is 0.560. The van der Waals surface area contributed by atoms with Gasteiger partial charge in [0.1, 0.15) is 5.69 Å². The fourth-order valence-electron chi connectivity index (χ4n) is 2.49. The molecule has 3 nitrogen and oxygen atoms in total. The number of hydrogen-bond donors (Lipinski definition) is 1. The molecule has 1 rings (SSSR count). The van der Waals surface area contributed by atoms with E-state index < -0.39 is 0 Å². The third-order valence-electron chi connectivity index (χ3n) is 3.83. The van der Waals surface area contributed by atoms with Gasteiger partial charge in [-0.3, -0.25) is 0 Å². The predicted octanol–water partition coefficient (Wildman–Crippen LogP) is 6.42. The second kappa shape index (κ2) is 12.4. The van der Waals surface area contributed by atoms with Gasteiger partial charge in [0.2, 0.25) is 0 Å². The highest BCUT2D eigenvalue weighted by Crippen LogP contribution is 2.16. The van der Waals surface area contributed by atoms with Crippen LogP contribution in [-0.4, -0.2) is 6.54 Å². The molecule has 0 aliphatic heterocycles. The number of benzene rings is 1. The minimum atomic E-state index is 0.486. The molecule has 0 fully saturated rings. The van der Waals surface area contributed by atoms with E-state index in [2.05, 4.69) is 17.4 Å². The smallest absolute Gasteiger partial charge is 0.108 e. The summed E-state index contributed by atoms with van der Waals surface area (Å²) >= 11 is 0. The molecule has 3 heteroatoms. The van der Waals surface area contributed by atoms with Gasteiger partial charge in [0.05, 0.1) is 0 Å². The third kappa shape index (κ3) is 9.22. The number of hydrogen-bond acceptors (Lipinski definition) is 3. The Kier molecular flexibility index (Phi) is 10.4. The lowest BCUT2D eigenvalue weighted by Gasteiger charge is -2.06. The normalized spacial score (nSPS) is 10.5. The minimum absolute atomic E-state index is 0.486. The molecule has 0 aliphatic carbocycles. The highest BCUT2D eigenvalue weighted by Gasteiger charge is 1.95. The SMILES string of the molecule is CCCCCCCCCCCCNc1ccc(N=O)cc1. The van der Waals surface area contributed by atoms with Crippen molar-refractivity contribution in [1.82, 2.24) is 0 Å². The maximum Gasteiger partial charge on any atom is 0.108 e. The summed E-state index contributed by atoms with van der Waals surface area (Å²) in [6, 6.07) is 7.31. The van der Waals surface area contributed by atoms with Crippen molar-refractivity contribution >= 4 is 11.4 Å². The van der Waals surface area contributed by atoms with Crippen LogP contribution in [0.4, 0.5) is 11.4 Å². The molecule has 1 aromatic carbocycles. The Labute approximate surface area is 129 Å². The van der Waals surface area contributed by atoms with Crippen LogP contribution in [0, 0.1) is 4.91 Å². The molecule has 0 bridgehead atoms. The molecule has 21 heavy (non-hydrogen) atoms. The molecule has 0 spiro atoms. The summed E-state index contributed by atoms with van der Waals surface area (Å²) in [5.74, 6) is 0. The maximum absolute atomic E-state index is 10.3. The second-order valence-electron chi connectivity index (χ2n) is 5.75. The highest BCUT2D eigenvalue weighted by atomic mass is 16.3. The van der Waals surface area contributed by atoms with Gasteiger partial charge < -0.3 is 5.32 Å². The molecular formula is C18H30N2O. The van der Waals surface area contributed by atoms with E-state index in [1.807, 2.05) is 12.1 Å². The van der Waals surface area contributed by atoms with E-state index in [1.54, 1.807) is 12.1 Å². The summed E-state index contributed by atoms with van der Waals surface area (Å²) in [5, 5.41) is 6.27. The number of nitroso groups, excluding NO2 is 1. The zero-order chi connectivity index (χ0) is 15.2. The van der Waals surface area contributed by atoms with Gasteiger partial charge in [-0.05, 0) is 35.9 Å². The van der Waals surface area contributed by atoms with E-state index in [9.17, 15) is 4.91 Å². The molecule has 0 amide bonds. The summed E-state index contributed by atoms with van der Waals surface area (Å²) in [7, 11) is 0. The van der Waals surface area contributed by atoms with Gasteiger partial charge >= 0.3 is 0 Å². The molecule has 0 atom stereocenters. The Bertz CT molecular complexity index is 362. The maximum atomic E-state index is 10.3. The van der Waals surface area contributed by atoms with Crippen molar-refractivity contribution in [1.29, 1.82) is 0 Å². The van der Waals surface area contributed by atoms with Crippen LogP contribution in [0.2, 0.25) is 0 Å². The zero-order valence-corrected chi connectivity index (χ0v) is 13.4. The Hall–Kier alpha value is -1.38. The van der Waals surface area contributed by atoms with Crippen molar-refractivity contribution in [2.75, 3.05) is 11.9 Å². The zero-order valence-electron chi connectivity index (χ0n) is 13.4. The molecule has 0 unspecified atom stereocenters. The van der Waals surface area contributed by atoms with Gasteiger partial charge in [-0.2, -0.15) is 0 Å². The van der Waals surface area contributed by atoms with Crippen LogP contribution >= 0.6 is 0 Å². The average molecular weight is 290 g/mol. The average Bonchev–Trinajstić information content (AvgIpc) is 2.53. The molecule has 0 heterocycles. The van der Waals surface area contributed by atoms with E-state index in [0.717, 1.165) is 12.2 Å². The summed E-state index contributed by atoms with van der Waals surface area (Å²) in [5.41, 5.74) is 1.55. The second-order valence-corrected chi connectivity index (χ2v) is 5.75. The van der Waals surface area contributed by atoms with Gasteiger partial charge in [-0.15, -0.1) is 4.91 Å². The largest absolute Gasteiger partial charge is 0.385 e. The fourth-order valence-corrected chi connectivity index (χ4v) is 2.49. The van der Waals surface area contributed by atoms with E-state index in [4.69, 9.17) is 0 Å². The molecule has 118 valence electrons. The Morgan fingerprint density at radius 2 is 1.33 bits per heavy atom. The summed E-state index contributed by atoms with van der Waals surface area (Å²) in [4.78, 5) is 10.3. The molecule has 0 aliphatic rings. The number of nitrogens with one attached hydrogen (secondary N) is 1. The van der Waals surface area contributed by atoms with E-state index in [0.29, 0.717) is 5.69 Å². The number of unbranched alkanes of at least 4 members (excludes halogenated alkanes) is 9. The summed E-state index contributed by atoms with van der Waals surface area (Å²) in [6.07, 6.45) is 13.6. The number of rotatable bonds is 13. The van der Waals surface area contributed by atoms with Crippen molar-refractivity contribution in [2.24, 2.45) is 5.18 Å². The molecule has 1 aromatic rings. The summed E-state index contributed by atoms with van der Waals surface area (Å²) < 4.78 is 0. The first-order valence-electron chi connectivity index (χ1n) is 8.54. The van der Waals surface area contributed by atoms with Crippen LogP contribution in [0.15, 0.2) is 29.4 Å². The Morgan fingerprint density at radius 3 is 1.86 bits per heavy atom. The number of nitrogens with zero attached hydrogens (tertiary/aromatic N) is 1. The molecular weight excluding hydrogens is 260 g/mol. The molecule has 0 saturated carbocycles. The monoisotopic (exact) mass is 290 g/mol. The van der Waals surface area contributed by atoms with Gasteiger partial charge in [-0.1, -0.05) is 64.7 Å². The van der Waals surface area contributed by atoms with Crippen molar-refractivity contribution in [2.45, 2.75) is 71.1 Å². The van der Waals surface area contributed by atoms with Gasteiger partial charge in [0.15, 0.2) is 0 Å². The third-order valence-corrected chi connectivity index (χ3v) is 3.83. The van der Waals surface area contributed by atoms with Crippen molar-refractivity contribution in [3.63, 3.8) is 0 Å². The lowest BCUT2D eigenvalue weighted by atomic mass is 10.1. The molecule has 0 radical (unpaired) electrons. The van der Waals surface area contributed by atoms with Crippen LogP contribution in [-0.2, 0) is 0 Å². The Balaban J connectivity index is 1.89. The van der Waals surface area contributed by atoms with Crippen LogP contribution in [0.1, 0.15) is 71.1 Å². The van der Waals surface area contributed by atoms with Gasteiger partial charge in [-0.25, -0.2) is 0 Å². The minimum Gasteiger partial charge on any atom is -0.385 e. The van der Waals surface area contributed by atoms with Gasteiger partial charge in [0, 0.05) is 12.2 Å². The molecule has 0 saturated heterocycles. The standard InChI is InChI=1S/C18H30N2O/c1-2-3-4-5-6-7-8-9-10-11-16-19-17-12-14-18(20-21)15-13-17/h12-15,19H,2-11,16H2,1H3. The van der Waals surface area contributed by atoms with Crippen LogP contribution in [0.25, 0.3) is 0 Å². The topological polar surface area (TPSA) is 41.5 Å². The predicted molar refractivity (Wildman–Crippen MR) is 92.2 cm³/mol. The Morgan fingerprint density at radius 1 is 0.810 bits per heavy atom. The van der Waals surface area contributed by atoms with Crippen molar-refractivity contribution in [3.05, 3.63) is 29.2 Å². The first kappa shape index (κ1) is 17.7. The van der Waals surface area contributed by atoms with Gasteiger partial charge in [0.25, 0.3) is 0 Å². The summed E-state index contributed by atoms with van der Waals surface area (Å²) in [6.45, 7) is 3.27. The van der Waals surface area contributed by atoms with Crippen LogP contribution in [0.3, 0.4) is 0 Å². The van der Waals surface area contributed by atoms with Crippen molar-refractivity contribution < 1.29 is 0 Å². The lowest BCUT2D eigenvalue weighted by Crippen LogP contribution is -2.00.